The van der Waals surface area contributed by atoms with Crippen molar-refractivity contribution in [2.75, 3.05) is 5.32 Å². The fourth-order valence-electron chi connectivity index (χ4n) is 1.73. The lowest BCUT2D eigenvalue weighted by molar-refractivity contribution is -0.384. The first-order valence-corrected chi connectivity index (χ1v) is 6.47. The molecule has 0 saturated heterocycles. The molecular weight excluding hydrogens is 310 g/mol. The van der Waals surface area contributed by atoms with Gasteiger partial charge in [-0.2, -0.15) is 0 Å². The van der Waals surface area contributed by atoms with Crippen molar-refractivity contribution in [2.45, 2.75) is 13.0 Å². The van der Waals surface area contributed by atoms with Crippen LogP contribution in [0.25, 0.3) is 0 Å². The van der Waals surface area contributed by atoms with Crippen LogP contribution in [0.15, 0.2) is 47.2 Å². The SMILES string of the molecule is C[C@@H](Nc1cc(Br)ccc1[N+](=O)[O-])c1cccnc1. The van der Waals surface area contributed by atoms with Gasteiger partial charge in [-0.1, -0.05) is 22.0 Å². The van der Waals surface area contributed by atoms with Gasteiger partial charge in [0, 0.05) is 22.9 Å². The Labute approximate surface area is 119 Å². The van der Waals surface area contributed by atoms with Gasteiger partial charge in [-0.25, -0.2) is 0 Å². The van der Waals surface area contributed by atoms with Crippen LogP contribution in [-0.2, 0) is 0 Å². The highest BCUT2D eigenvalue weighted by Gasteiger charge is 2.16. The molecule has 0 saturated carbocycles. The van der Waals surface area contributed by atoms with Crippen molar-refractivity contribution in [3.8, 4) is 0 Å². The van der Waals surface area contributed by atoms with E-state index in [2.05, 4.69) is 26.2 Å². The molecular formula is C13H12BrN3O2. The lowest BCUT2D eigenvalue weighted by Crippen LogP contribution is -2.08. The number of benzene rings is 1. The Bertz CT molecular complexity index is 590. The summed E-state index contributed by atoms with van der Waals surface area (Å²) in [5, 5.41) is 14.1. The standard InChI is InChI=1S/C13H12BrN3O2/c1-9(10-3-2-6-15-8-10)16-12-7-11(14)4-5-13(12)17(18)19/h2-9,16H,1H3/t9-/m1/s1. The molecule has 1 N–H and O–H groups in total. The molecule has 0 unspecified atom stereocenters. The van der Waals surface area contributed by atoms with Gasteiger partial charge in [-0.05, 0) is 30.7 Å². The second-order valence-electron chi connectivity index (χ2n) is 4.07. The van der Waals surface area contributed by atoms with E-state index in [1.165, 1.54) is 6.07 Å². The Hall–Kier alpha value is -1.95. The molecule has 0 fully saturated rings. The summed E-state index contributed by atoms with van der Waals surface area (Å²) in [5.41, 5.74) is 1.51. The van der Waals surface area contributed by atoms with Crippen molar-refractivity contribution in [3.63, 3.8) is 0 Å². The molecule has 2 rings (SSSR count). The Balaban J connectivity index is 2.28. The van der Waals surface area contributed by atoms with Gasteiger partial charge in [-0.3, -0.25) is 15.1 Å². The van der Waals surface area contributed by atoms with Crippen molar-refractivity contribution in [2.24, 2.45) is 0 Å². The second-order valence-corrected chi connectivity index (χ2v) is 4.99. The zero-order valence-corrected chi connectivity index (χ0v) is 11.8. The van der Waals surface area contributed by atoms with E-state index in [1.807, 2.05) is 19.1 Å². The van der Waals surface area contributed by atoms with E-state index in [9.17, 15) is 10.1 Å². The van der Waals surface area contributed by atoms with Crippen LogP contribution in [0.2, 0.25) is 0 Å². The van der Waals surface area contributed by atoms with Crippen LogP contribution >= 0.6 is 15.9 Å². The van der Waals surface area contributed by atoms with E-state index >= 15 is 0 Å². The van der Waals surface area contributed by atoms with E-state index in [0.29, 0.717) is 5.69 Å². The average molecular weight is 322 g/mol. The summed E-state index contributed by atoms with van der Waals surface area (Å²) >= 11 is 3.32. The molecule has 0 radical (unpaired) electrons. The Morgan fingerprint density at radius 1 is 1.42 bits per heavy atom. The Morgan fingerprint density at radius 3 is 2.84 bits per heavy atom. The molecule has 1 heterocycles. The van der Waals surface area contributed by atoms with Gasteiger partial charge < -0.3 is 5.32 Å². The molecule has 0 amide bonds. The van der Waals surface area contributed by atoms with Crippen LogP contribution in [0.4, 0.5) is 11.4 Å². The number of aromatic nitrogens is 1. The molecule has 0 aliphatic carbocycles. The Kier molecular flexibility index (Phi) is 4.11. The van der Waals surface area contributed by atoms with Gasteiger partial charge in [0.25, 0.3) is 5.69 Å². The molecule has 1 atom stereocenters. The molecule has 5 nitrogen and oxygen atoms in total. The maximum Gasteiger partial charge on any atom is 0.292 e. The summed E-state index contributed by atoms with van der Waals surface area (Å²) in [6.07, 6.45) is 3.43. The minimum atomic E-state index is -0.398. The maximum absolute atomic E-state index is 11.0. The van der Waals surface area contributed by atoms with Crippen LogP contribution in [-0.4, -0.2) is 9.91 Å². The fraction of sp³-hybridized carbons (Fsp3) is 0.154. The molecule has 19 heavy (non-hydrogen) atoms. The lowest BCUT2D eigenvalue weighted by atomic mass is 10.1. The summed E-state index contributed by atoms with van der Waals surface area (Å²) in [5.74, 6) is 0. The third kappa shape index (κ3) is 3.29. The summed E-state index contributed by atoms with van der Waals surface area (Å²) in [7, 11) is 0. The number of halogens is 1. The van der Waals surface area contributed by atoms with Gasteiger partial charge in [0.05, 0.1) is 11.0 Å². The highest BCUT2D eigenvalue weighted by atomic mass is 79.9. The van der Waals surface area contributed by atoms with Crippen molar-refractivity contribution in [1.29, 1.82) is 0 Å². The molecule has 0 aliphatic heterocycles. The Morgan fingerprint density at radius 2 is 2.21 bits per heavy atom. The first-order valence-electron chi connectivity index (χ1n) is 5.68. The average Bonchev–Trinajstić information content (AvgIpc) is 2.39. The van der Waals surface area contributed by atoms with Crippen LogP contribution in [0.1, 0.15) is 18.5 Å². The summed E-state index contributed by atoms with van der Waals surface area (Å²) < 4.78 is 0.791. The van der Waals surface area contributed by atoms with Gasteiger partial charge in [0.15, 0.2) is 0 Å². The minimum Gasteiger partial charge on any atom is -0.373 e. The van der Waals surface area contributed by atoms with Crippen molar-refractivity contribution in [3.05, 3.63) is 62.9 Å². The van der Waals surface area contributed by atoms with Crippen LogP contribution in [0, 0.1) is 10.1 Å². The molecule has 0 aliphatic rings. The highest BCUT2D eigenvalue weighted by molar-refractivity contribution is 9.10. The smallest absolute Gasteiger partial charge is 0.292 e. The summed E-state index contributed by atoms with van der Waals surface area (Å²) in [4.78, 5) is 14.6. The van der Waals surface area contributed by atoms with E-state index in [4.69, 9.17) is 0 Å². The van der Waals surface area contributed by atoms with E-state index in [-0.39, 0.29) is 11.7 Å². The van der Waals surface area contributed by atoms with Crippen molar-refractivity contribution in [1.82, 2.24) is 4.98 Å². The second kappa shape index (κ2) is 5.79. The quantitative estimate of drug-likeness (QED) is 0.684. The van der Waals surface area contributed by atoms with Gasteiger partial charge >= 0.3 is 0 Å². The number of nitrogens with zero attached hydrogens (tertiary/aromatic N) is 2. The van der Waals surface area contributed by atoms with Crippen LogP contribution in [0.3, 0.4) is 0 Å². The third-order valence-corrected chi connectivity index (χ3v) is 3.20. The first kappa shape index (κ1) is 13.5. The summed E-state index contributed by atoms with van der Waals surface area (Å²) in [6.45, 7) is 1.93. The number of nitro benzene ring substituents is 1. The van der Waals surface area contributed by atoms with Crippen LogP contribution in [0.5, 0.6) is 0 Å². The van der Waals surface area contributed by atoms with Gasteiger partial charge in [-0.15, -0.1) is 0 Å². The van der Waals surface area contributed by atoms with E-state index in [0.717, 1.165) is 10.0 Å². The number of rotatable bonds is 4. The molecule has 1 aromatic heterocycles. The first-order chi connectivity index (χ1) is 9.08. The van der Waals surface area contributed by atoms with E-state index < -0.39 is 4.92 Å². The van der Waals surface area contributed by atoms with Gasteiger partial charge in [0.2, 0.25) is 0 Å². The molecule has 1 aromatic carbocycles. The zero-order chi connectivity index (χ0) is 13.8. The number of nitrogens with one attached hydrogen (secondary N) is 1. The highest BCUT2D eigenvalue weighted by Crippen LogP contribution is 2.30. The number of hydrogen-bond donors (Lipinski definition) is 1. The zero-order valence-electron chi connectivity index (χ0n) is 10.2. The number of pyridine rings is 1. The third-order valence-electron chi connectivity index (χ3n) is 2.71. The topological polar surface area (TPSA) is 68.1 Å². The summed E-state index contributed by atoms with van der Waals surface area (Å²) in [6, 6.07) is 8.52. The monoisotopic (exact) mass is 321 g/mol. The molecule has 6 heteroatoms. The van der Waals surface area contributed by atoms with Crippen LogP contribution < -0.4 is 5.32 Å². The molecule has 98 valence electrons. The predicted molar refractivity (Wildman–Crippen MR) is 77.1 cm³/mol. The van der Waals surface area contributed by atoms with E-state index in [1.54, 1.807) is 24.5 Å². The van der Waals surface area contributed by atoms with Crippen molar-refractivity contribution >= 4 is 27.3 Å². The number of nitro groups is 1. The minimum absolute atomic E-state index is 0.0546. The molecule has 0 bridgehead atoms. The fourth-order valence-corrected chi connectivity index (χ4v) is 2.09. The molecule has 2 aromatic rings. The lowest BCUT2D eigenvalue weighted by Gasteiger charge is -2.15. The maximum atomic E-state index is 11.0. The number of hydrogen-bond acceptors (Lipinski definition) is 4. The largest absolute Gasteiger partial charge is 0.373 e. The number of anilines is 1. The molecule has 0 spiro atoms. The van der Waals surface area contributed by atoms with Gasteiger partial charge in [0.1, 0.15) is 5.69 Å². The normalized spacial score (nSPS) is 11.9. The predicted octanol–water partition coefficient (Wildman–Crippen LogP) is 3.93. The van der Waals surface area contributed by atoms with Crippen molar-refractivity contribution < 1.29 is 4.92 Å².